The van der Waals surface area contributed by atoms with Crippen molar-refractivity contribution in [2.45, 2.75) is 64.2 Å². The van der Waals surface area contributed by atoms with Crippen LogP contribution in [0.25, 0.3) is 10.4 Å². The SMILES string of the molecule is [CH2]CCCCCCCCCCCN=[N+]=[N-]. The van der Waals surface area contributed by atoms with Crippen LogP contribution in [0.15, 0.2) is 5.11 Å². The van der Waals surface area contributed by atoms with E-state index in [0.29, 0.717) is 6.54 Å². The van der Waals surface area contributed by atoms with Gasteiger partial charge in [0, 0.05) is 11.5 Å². The summed E-state index contributed by atoms with van der Waals surface area (Å²) in [7, 11) is 0. The van der Waals surface area contributed by atoms with Gasteiger partial charge in [-0.3, -0.25) is 0 Å². The average Bonchev–Trinajstić information content (AvgIpc) is 2.26. The Kier molecular flexibility index (Phi) is 12.7. The molecule has 0 amide bonds. The highest BCUT2D eigenvalue weighted by molar-refractivity contribution is 4.50. The summed E-state index contributed by atoms with van der Waals surface area (Å²) in [5.74, 6) is 0. The van der Waals surface area contributed by atoms with Gasteiger partial charge in [-0.25, -0.2) is 0 Å². The number of hydrogen-bond acceptors (Lipinski definition) is 1. The van der Waals surface area contributed by atoms with Crippen LogP contribution < -0.4 is 0 Å². The Morgan fingerprint density at radius 1 is 0.800 bits per heavy atom. The second-order valence-electron chi connectivity index (χ2n) is 3.99. The zero-order valence-electron chi connectivity index (χ0n) is 9.83. The molecule has 0 aliphatic rings. The van der Waals surface area contributed by atoms with Crippen molar-refractivity contribution in [3.8, 4) is 0 Å². The molecular weight excluding hydrogens is 186 g/mol. The molecule has 0 bridgehead atoms. The topological polar surface area (TPSA) is 48.8 Å². The summed E-state index contributed by atoms with van der Waals surface area (Å²) in [6.45, 7) is 4.50. The molecule has 87 valence electrons. The fourth-order valence-electron chi connectivity index (χ4n) is 1.64. The highest BCUT2D eigenvalue weighted by atomic mass is 15.1. The molecular formula is C12H24N3. The summed E-state index contributed by atoms with van der Waals surface area (Å²) in [4.78, 5) is 2.73. The van der Waals surface area contributed by atoms with E-state index in [1.807, 2.05) is 0 Å². The zero-order valence-corrected chi connectivity index (χ0v) is 9.83. The van der Waals surface area contributed by atoms with Gasteiger partial charge in [-0.2, -0.15) is 0 Å². The van der Waals surface area contributed by atoms with E-state index in [0.717, 1.165) is 12.8 Å². The van der Waals surface area contributed by atoms with E-state index in [1.165, 1.54) is 51.4 Å². The first kappa shape index (κ1) is 14.3. The van der Waals surface area contributed by atoms with Crippen LogP contribution in [-0.2, 0) is 0 Å². The van der Waals surface area contributed by atoms with E-state index in [-0.39, 0.29) is 0 Å². The van der Waals surface area contributed by atoms with Crippen molar-refractivity contribution in [1.29, 1.82) is 0 Å². The predicted molar refractivity (Wildman–Crippen MR) is 65.5 cm³/mol. The van der Waals surface area contributed by atoms with Crippen LogP contribution in [-0.4, -0.2) is 6.54 Å². The van der Waals surface area contributed by atoms with Gasteiger partial charge in [0.2, 0.25) is 0 Å². The maximum atomic E-state index is 8.06. The van der Waals surface area contributed by atoms with E-state index in [4.69, 9.17) is 5.53 Å². The fourth-order valence-corrected chi connectivity index (χ4v) is 1.64. The summed E-state index contributed by atoms with van der Waals surface area (Å²) in [5, 5.41) is 3.51. The van der Waals surface area contributed by atoms with Crippen molar-refractivity contribution in [3.05, 3.63) is 17.4 Å². The van der Waals surface area contributed by atoms with E-state index >= 15 is 0 Å². The Morgan fingerprint density at radius 3 is 1.73 bits per heavy atom. The summed E-state index contributed by atoms with van der Waals surface area (Å²) in [6, 6.07) is 0. The Morgan fingerprint density at radius 2 is 1.27 bits per heavy atom. The Labute approximate surface area is 93.9 Å². The van der Waals surface area contributed by atoms with E-state index in [9.17, 15) is 0 Å². The third kappa shape index (κ3) is 13.3. The maximum absolute atomic E-state index is 8.06. The minimum absolute atomic E-state index is 0.667. The summed E-state index contributed by atoms with van der Waals surface area (Å²) >= 11 is 0. The second-order valence-corrected chi connectivity index (χ2v) is 3.99. The third-order valence-electron chi connectivity index (χ3n) is 2.57. The molecule has 3 nitrogen and oxygen atoms in total. The molecule has 0 aliphatic carbocycles. The van der Waals surface area contributed by atoms with E-state index in [1.54, 1.807) is 0 Å². The van der Waals surface area contributed by atoms with Crippen molar-refractivity contribution < 1.29 is 0 Å². The molecule has 15 heavy (non-hydrogen) atoms. The molecule has 0 atom stereocenters. The van der Waals surface area contributed by atoms with Gasteiger partial charge in [0.1, 0.15) is 0 Å². The molecule has 0 saturated carbocycles. The van der Waals surface area contributed by atoms with Gasteiger partial charge in [-0.15, -0.1) is 0 Å². The Hall–Kier alpha value is -0.690. The van der Waals surface area contributed by atoms with Crippen molar-refractivity contribution >= 4 is 0 Å². The van der Waals surface area contributed by atoms with Crippen LogP contribution in [0, 0.1) is 6.92 Å². The molecule has 0 heterocycles. The van der Waals surface area contributed by atoms with Gasteiger partial charge >= 0.3 is 0 Å². The molecule has 0 fully saturated rings. The van der Waals surface area contributed by atoms with Gasteiger partial charge in [-0.1, -0.05) is 69.8 Å². The quantitative estimate of drug-likeness (QED) is 0.199. The van der Waals surface area contributed by atoms with Crippen LogP contribution in [0.2, 0.25) is 0 Å². The molecule has 0 saturated heterocycles. The summed E-state index contributed by atoms with van der Waals surface area (Å²) < 4.78 is 0. The molecule has 0 rings (SSSR count). The first-order chi connectivity index (χ1) is 7.41. The van der Waals surface area contributed by atoms with Gasteiger partial charge in [0.15, 0.2) is 0 Å². The van der Waals surface area contributed by atoms with E-state index in [2.05, 4.69) is 16.9 Å². The number of unbranched alkanes of at least 4 members (excludes halogenated alkanes) is 9. The fraction of sp³-hybridized carbons (Fsp3) is 0.917. The van der Waals surface area contributed by atoms with Crippen LogP contribution in [0.3, 0.4) is 0 Å². The Bertz CT molecular complexity index is 162. The first-order valence-corrected chi connectivity index (χ1v) is 6.22. The molecule has 0 aromatic rings. The van der Waals surface area contributed by atoms with Gasteiger partial charge in [0.05, 0.1) is 0 Å². The van der Waals surface area contributed by atoms with Crippen molar-refractivity contribution in [1.82, 2.24) is 0 Å². The third-order valence-corrected chi connectivity index (χ3v) is 2.57. The molecule has 0 unspecified atom stereocenters. The molecule has 0 aromatic carbocycles. The summed E-state index contributed by atoms with van der Waals surface area (Å²) in [6.07, 6.45) is 12.7. The van der Waals surface area contributed by atoms with Gasteiger partial charge in [-0.05, 0) is 12.0 Å². The van der Waals surface area contributed by atoms with Crippen LogP contribution >= 0.6 is 0 Å². The molecule has 0 aliphatic heterocycles. The minimum Gasteiger partial charge on any atom is -0.0940 e. The van der Waals surface area contributed by atoms with Crippen LogP contribution in [0.4, 0.5) is 0 Å². The lowest BCUT2D eigenvalue weighted by molar-refractivity contribution is 0.561. The molecule has 1 radical (unpaired) electrons. The summed E-state index contributed by atoms with van der Waals surface area (Å²) in [5.41, 5.74) is 8.06. The number of nitrogens with zero attached hydrogens (tertiary/aromatic N) is 3. The van der Waals surface area contributed by atoms with Crippen molar-refractivity contribution in [2.24, 2.45) is 5.11 Å². The molecule has 0 aromatic heterocycles. The highest BCUT2D eigenvalue weighted by Gasteiger charge is 1.91. The lowest BCUT2D eigenvalue weighted by Gasteiger charge is -2.00. The van der Waals surface area contributed by atoms with Gasteiger partial charge < -0.3 is 0 Å². The average molecular weight is 210 g/mol. The van der Waals surface area contributed by atoms with Crippen molar-refractivity contribution in [2.75, 3.05) is 6.54 Å². The Balaban J connectivity index is 2.89. The minimum atomic E-state index is 0.667. The number of azide groups is 1. The number of hydrogen-bond donors (Lipinski definition) is 0. The lowest BCUT2D eigenvalue weighted by atomic mass is 10.1. The number of rotatable bonds is 11. The standard InChI is InChI=1S/C12H24N3/c1-2-3-4-5-6-7-8-9-10-11-12-14-15-13/h1-12H2. The predicted octanol–water partition coefficient (Wildman–Crippen LogP) is 5.03. The smallest absolute Gasteiger partial charge is 0.0257 e. The largest absolute Gasteiger partial charge is 0.0940 e. The first-order valence-electron chi connectivity index (χ1n) is 6.22. The molecule has 0 spiro atoms. The van der Waals surface area contributed by atoms with Crippen LogP contribution in [0.1, 0.15) is 64.2 Å². The molecule has 0 N–H and O–H groups in total. The zero-order chi connectivity index (χ0) is 11.2. The second kappa shape index (κ2) is 13.3. The van der Waals surface area contributed by atoms with Crippen LogP contribution in [0.5, 0.6) is 0 Å². The highest BCUT2D eigenvalue weighted by Crippen LogP contribution is 2.10. The van der Waals surface area contributed by atoms with Crippen molar-refractivity contribution in [3.63, 3.8) is 0 Å². The monoisotopic (exact) mass is 210 g/mol. The molecule has 3 heteroatoms. The van der Waals surface area contributed by atoms with E-state index < -0.39 is 0 Å². The lowest BCUT2D eigenvalue weighted by Crippen LogP contribution is -1.83. The normalized spacial score (nSPS) is 9.93. The van der Waals surface area contributed by atoms with Gasteiger partial charge in [0.25, 0.3) is 0 Å². The maximum Gasteiger partial charge on any atom is 0.0257 e.